The molecule has 0 aromatic rings. The average Bonchev–Trinajstić information content (AvgIpc) is 2.92. The van der Waals surface area contributed by atoms with Gasteiger partial charge in [-0.15, -0.1) is 0 Å². The van der Waals surface area contributed by atoms with Gasteiger partial charge in [-0.3, -0.25) is 4.79 Å². The maximum atomic E-state index is 10.4. The number of carbonyl (C=O) groups is 1. The van der Waals surface area contributed by atoms with Gasteiger partial charge in [0.15, 0.2) is 0 Å². The molecule has 5 atom stereocenters. The summed E-state index contributed by atoms with van der Waals surface area (Å²) in [6.45, 7) is 1.87. The molecule has 24 heavy (non-hydrogen) atoms. The normalized spacial score (nSPS) is 26.8. The molecule has 1 rings (SSSR count). The van der Waals surface area contributed by atoms with Crippen LogP contribution >= 0.6 is 0 Å². The molecule has 1 heterocycles. The number of aliphatic carboxylic acids is 1. The van der Waals surface area contributed by atoms with Gasteiger partial charge in [-0.2, -0.15) is 0 Å². The summed E-state index contributed by atoms with van der Waals surface area (Å²) in [4.78, 5) is 10.4. The molecule has 0 spiro atoms. The van der Waals surface area contributed by atoms with Crippen LogP contribution in [-0.4, -0.2) is 56.9 Å². The van der Waals surface area contributed by atoms with Crippen molar-refractivity contribution in [1.29, 1.82) is 0 Å². The van der Waals surface area contributed by atoms with E-state index in [1.54, 1.807) is 12.2 Å². The molecular formula is C18H32O6. The Bertz CT molecular complexity index is 384. The summed E-state index contributed by atoms with van der Waals surface area (Å²) in [5, 5.41) is 38.2. The minimum absolute atomic E-state index is 0.225. The number of unbranched alkanes of at least 4 members (excludes halogenated alkanes) is 4. The van der Waals surface area contributed by atoms with Crippen LogP contribution in [0.5, 0.6) is 0 Å². The van der Waals surface area contributed by atoms with E-state index in [0.29, 0.717) is 25.7 Å². The second-order valence-corrected chi connectivity index (χ2v) is 6.57. The molecule has 6 heteroatoms. The van der Waals surface area contributed by atoms with E-state index in [0.717, 1.165) is 25.7 Å². The molecule has 0 aliphatic carbocycles. The summed E-state index contributed by atoms with van der Waals surface area (Å²) in [5.41, 5.74) is 0. The standard InChI is InChI=1S/C18H32O6/c1-2-14(20)17-12-15(21)16(24-17)11-10-13(19)8-6-4-3-5-7-9-18(22)23/h10-11,13-17,19-21H,2-9,12H2,1H3,(H,22,23)/b11-10+/t13-,14+,15+,16+,17+/m1/s1. The summed E-state index contributed by atoms with van der Waals surface area (Å²) < 4.78 is 5.62. The van der Waals surface area contributed by atoms with Gasteiger partial charge in [-0.1, -0.05) is 44.8 Å². The fourth-order valence-corrected chi connectivity index (χ4v) is 2.90. The lowest BCUT2D eigenvalue weighted by Gasteiger charge is -2.16. The lowest BCUT2D eigenvalue weighted by molar-refractivity contribution is -0.137. The Kier molecular flexibility index (Phi) is 10.2. The van der Waals surface area contributed by atoms with Gasteiger partial charge in [0, 0.05) is 12.8 Å². The number of hydrogen-bond acceptors (Lipinski definition) is 5. The van der Waals surface area contributed by atoms with Gasteiger partial charge in [0.2, 0.25) is 0 Å². The highest BCUT2D eigenvalue weighted by Crippen LogP contribution is 2.25. The maximum Gasteiger partial charge on any atom is 0.303 e. The van der Waals surface area contributed by atoms with E-state index >= 15 is 0 Å². The highest BCUT2D eigenvalue weighted by atomic mass is 16.5. The van der Waals surface area contributed by atoms with Crippen molar-refractivity contribution in [3.05, 3.63) is 12.2 Å². The van der Waals surface area contributed by atoms with Gasteiger partial charge in [0.25, 0.3) is 0 Å². The molecule has 1 saturated heterocycles. The van der Waals surface area contributed by atoms with E-state index in [1.165, 1.54) is 0 Å². The number of rotatable bonds is 12. The summed E-state index contributed by atoms with van der Waals surface area (Å²) >= 11 is 0. The fourth-order valence-electron chi connectivity index (χ4n) is 2.90. The summed E-state index contributed by atoms with van der Waals surface area (Å²) in [5.74, 6) is -0.749. The molecule has 0 aromatic heterocycles. The van der Waals surface area contributed by atoms with Crippen LogP contribution in [0.3, 0.4) is 0 Å². The van der Waals surface area contributed by atoms with Gasteiger partial charge in [0.1, 0.15) is 6.10 Å². The van der Waals surface area contributed by atoms with E-state index in [1.807, 2.05) is 6.92 Å². The van der Waals surface area contributed by atoms with Crippen molar-refractivity contribution >= 4 is 5.97 Å². The van der Waals surface area contributed by atoms with Crippen LogP contribution in [0, 0.1) is 0 Å². The third-order valence-electron chi connectivity index (χ3n) is 4.45. The zero-order chi connectivity index (χ0) is 17.9. The molecule has 1 fully saturated rings. The van der Waals surface area contributed by atoms with Crippen molar-refractivity contribution in [2.75, 3.05) is 0 Å². The first-order valence-corrected chi connectivity index (χ1v) is 9.03. The first-order valence-electron chi connectivity index (χ1n) is 9.03. The molecule has 0 saturated carbocycles. The molecule has 140 valence electrons. The smallest absolute Gasteiger partial charge is 0.303 e. The largest absolute Gasteiger partial charge is 0.481 e. The Morgan fingerprint density at radius 2 is 1.88 bits per heavy atom. The molecule has 0 bridgehead atoms. The zero-order valence-corrected chi connectivity index (χ0v) is 14.5. The molecule has 0 aromatic carbocycles. The van der Waals surface area contributed by atoms with Gasteiger partial charge in [-0.25, -0.2) is 0 Å². The quantitative estimate of drug-likeness (QED) is 0.319. The van der Waals surface area contributed by atoms with Gasteiger partial charge >= 0.3 is 5.97 Å². The predicted octanol–water partition coefficient (Wildman–Crippen LogP) is 2.01. The number of aliphatic hydroxyl groups is 3. The van der Waals surface area contributed by atoms with Crippen LogP contribution < -0.4 is 0 Å². The van der Waals surface area contributed by atoms with Crippen LogP contribution in [0.2, 0.25) is 0 Å². The van der Waals surface area contributed by atoms with E-state index in [9.17, 15) is 20.1 Å². The van der Waals surface area contributed by atoms with E-state index < -0.39 is 30.4 Å². The Labute approximate surface area is 144 Å². The number of hydrogen-bond donors (Lipinski definition) is 4. The summed E-state index contributed by atoms with van der Waals surface area (Å²) in [6, 6.07) is 0. The van der Waals surface area contributed by atoms with Gasteiger partial charge in [0.05, 0.1) is 24.4 Å². The van der Waals surface area contributed by atoms with Crippen LogP contribution in [0.4, 0.5) is 0 Å². The lowest BCUT2D eigenvalue weighted by atomic mass is 10.0. The second kappa shape index (κ2) is 11.6. The maximum absolute atomic E-state index is 10.4. The predicted molar refractivity (Wildman–Crippen MR) is 90.7 cm³/mol. The van der Waals surface area contributed by atoms with Crippen molar-refractivity contribution in [1.82, 2.24) is 0 Å². The first-order chi connectivity index (χ1) is 11.4. The van der Waals surface area contributed by atoms with Crippen molar-refractivity contribution in [3.8, 4) is 0 Å². The summed E-state index contributed by atoms with van der Waals surface area (Å²) in [7, 11) is 0. The Hall–Kier alpha value is -0.950. The first kappa shape index (κ1) is 21.1. The van der Waals surface area contributed by atoms with Crippen molar-refractivity contribution < 1.29 is 30.0 Å². The highest BCUT2D eigenvalue weighted by Gasteiger charge is 2.35. The van der Waals surface area contributed by atoms with Crippen molar-refractivity contribution in [2.24, 2.45) is 0 Å². The third kappa shape index (κ3) is 8.24. The van der Waals surface area contributed by atoms with E-state index in [4.69, 9.17) is 9.84 Å². The second-order valence-electron chi connectivity index (χ2n) is 6.57. The third-order valence-corrected chi connectivity index (χ3v) is 4.45. The molecule has 4 N–H and O–H groups in total. The lowest BCUT2D eigenvalue weighted by Crippen LogP contribution is -2.25. The molecule has 6 nitrogen and oxygen atoms in total. The number of carboxylic acid groups (broad SMARTS) is 1. The Morgan fingerprint density at radius 3 is 2.54 bits per heavy atom. The molecule has 1 aliphatic heterocycles. The number of ether oxygens (including phenoxy) is 1. The van der Waals surface area contributed by atoms with E-state index in [-0.39, 0.29) is 12.5 Å². The average molecular weight is 344 g/mol. The Balaban J connectivity index is 2.15. The van der Waals surface area contributed by atoms with Gasteiger partial charge in [-0.05, 0) is 19.3 Å². The molecule has 0 radical (unpaired) electrons. The minimum atomic E-state index is -0.749. The van der Waals surface area contributed by atoms with Crippen molar-refractivity contribution in [3.63, 3.8) is 0 Å². The topological polar surface area (TPSA) is 107 Å². The van der Waals surface area contributed by atoms with Crippen LogP contribution in [0.25, 0.3) is 0 Å². The van der Waals surface area contributed by atoms with Crippen molar-refractivity contribution in [2.45, 2.75) is 95.2 Å². The van der Waals surface area contributed by atoms with Crippen LogP contribution in [0.1, 0.15) is 64.7 Å². The minimum Gasteiger partial charge on any atom is -0.481 e. The number of carboxylic acids is 1. The highest BCUT2D eigenvalue weighted by molar-refractivity contribution is 5.66. The molecule has 0 unspecified atom stereocenters. The monoisotopic (exact) mass is 344 g/mol. The fraction of sp³-hybridized carbons (Fsp3) is 0.833. The van der Waals surface area contributed by atoms with Crippen LogP contribution in [-0.2, 0) is 9.53 Å². The molecule has 1 aliphatic rings. The number of aliphatic hydroxyl groups excluding tert-OH is 3. The summed E-state index contributed by atoms with van der Waals surface area (Å²) in [6.07, 6.45) is 7.04. The van der Waals surface area contributed by atoms with E-state index in [2.05, 4.69) is 0 Å². The molecular weight excluding hydrogens is 312 g/mol. The van der Waals surface area contributed by atoms with Gasteiger partial charge < -0.3 is 25.2 Å². The van der Waals surface area contributed by atoms with Crippen LogP contribution in [0.15, 0.2) is 12.2 Å². The Morgan fingerprint density at radius 1 is 1.21 bits per heavy atom. The zero-order valence-electron chi connectivity index (χ0n) is 14.5. The molecule has 0 amide bonds. The SMILES string of the molecule is CC[C@H](O)[C@@H]1C[C@H](O)[C@H](/C=C/[C@H](O)CCCCCCCC(=O)O)O1.